The molecule has 0 saturated carbocycles. The number of amides is 3. The van der Waals surface area contributed by atoms with Crippen LogP contribution in [-0.4, -0.2) is 99.3 Å². The van der Waals surface area contributed by atoms with Crippen LogP contribution < -0.4 is 5.32 Å². The molecule has 1 N–H and O–H groups in total. The fourth-order valence-corrected chi connectivity index (χ4v) is 6.38. The van der Waals surface area contributed by atoms with Crippen LogP contribution in [0.25, 0.3) is 0 Å². The van der Waals surface area contributed by atoms with E-state index in [1.807, 2.05) is 28.0 Å². The van der Waals surface area contributed by atoms with Crippen LogP contribution in [0.15, 0.2) is 53.4 Å². The second kappa shape index (κ2) is 15.2. The van der Waals surface area contributed by atoms with Crippen LogP contribution in [0.4, 0.5) is 10.5 Å². The minimum atomic E-state index is -3.31. The SMILES string of the molecule is CC(C)N(CC1CCN(C(=O)N2CCOCC2)CC1)C(C)Cc1cccc(NC(=O)c2ccc(S(C)(=O)=O)cc2)c1.Cl. The number of nitrogens with zero attached hydrogens (tertiary/aromatic N) is 3. The molecule has 4 rings (SSSR count). The third-order valence-electron chi connectivity index (χ3n) is 8.13. The van der Waals surface area contributed by atoms with Crippen molar-refractivity contribution >= 4 is 39.9 Å². The minimum absolute atomic E-state index is 0. The Morgan fingerprint density at radius 2 is 1.60 bits per heavy atom. The monoisotopic (exact) mass is 620 g/mol. The standard InChI is InChI=1S/C31H44N4O5S.ClH/c1-23(2)35(22-25-12-14-33(15-13-25)31(37)34-16-18-40-19-17-34)24(3)20-26-6-5-7-28(21-26)32-30(36)27-8-10-29(11-9-27)41(4,38)39;/h5-11,21,23-25H,12-20,22H2,1-4H3,(H,32,36);1H. The first-order valence-corrected chi connectivity index (χ1v) is 16.5. The number of carbonyl (C=O) groups excluding carboxylic acids is 2. The van der Waals surface area contributed by atoms with Crippen molar-refractivity contribution in [2.75, 3.05) is 57.5 Å². The van der Waals surface area contributed by atoms with Crippen molar-refractivity contribution in [3.8, 4) is 0 Å². The summed E-state index contributed by atoms with van der Waals surface area (Å²) in [5.41, 5.74) is 2.25. The van der Waals surface area contributed by atoms with Crippen LogP contribution in [0.3, 0.4) is 0 Å². The zero-order chi connectivity index (χ0) is 29.6. The van der Waals surface area contributed by atoms with Crippen LogP contribution >= 0.6 is 12.4 Å². The molecule has 2 fully saturated rings. The van der Waals surface area contributed by atoms with Gasteiger partial charge in [0.05, 0.1) is 18.1 Å². The molecule has 2 aliphatic heterocycles. The lowest BCUT2D eigenvalue weighted by Crippen LogP contribution is -2.51. The summed E-state index contributed by atoms with van der Waals surface area (Å²) in [6.07, 6.45) is 4.02. The number of likely N-dealkylation sites (tertiary alicyclic amines) is 1. The summed E-state index contributed by atoms with van der Waals surface area (Å²) in [7, 11) is -3.31. The van der Waals surface area contributed by atoms with Gasteiger partial charge < -0.3 is 19.9 Å². The summed E-state index contributed by atoms with van der Waals surface area (Å²) < 4.78 is 28.8. The van der Waals surface area contributed by atoms with E-state index >= 15 is 0 Å². The van der Waals surface area contributed by atoms with Crippen LogP contribution in [0, 0.1) is 5.92 Å². The Bertz CT molecular complexity index is 1290. The van der Waals surface area contributed by atoms with Crippen LogP contribution in [0.5, 0.6) is 0 Å². The summed E-state index contributed by atoms with van der Waals surface area (Å²) in [6.45, 7) is 11.9. The first-order chi connectivity index (χ1) is 19.5. The van der Waals surface area contributed by atoms with E-state index in [9.17, 15) is 18.0 Å². The Hall–Kier alpha value is -2.66. The topological polar surface area (TPSA) is 99.3 Å². The van der Waals surface area contributed by atoms with Crippen LogP contribution in [-0.2, 0) is 21.0 Å². The first kappa shape index (κ1) is 33.8. The molecule has 0 bridgehead atoms. The highest BCUT2D eigenvalue weighted by atomic mass is 35.5. The molecule has 2 aromatic carbocycles. The van der Waals surface area contributed by atoms with E-state index in [0.717, 1.165) is 50.7 Å². The number of anilines is 1. The molecule has 2 heterocycles. The molecule has 0 spiro atoms. The van der Waals surface area contributed by atoms with E-state index in [0.29, 0.717) is 55.6 Å². The molecule has 11 heteroatoms. The Morgan fingerprint density at radius 3 is 2.19 bits per heavy atom. The van der Waals surface area contributed by atoms with Gasteiger partial charge in [0, 0.05) is 62.3 Å². The highest BCUT2D eigenvalue weighted by Crippen LogP contribution is 2.24. The number of sulfone groups is 1. The van der Waals surface area contributed by atoms with Crippen molar-refractivity contribution in [2.45, 2.75) is 57.0 Å². The van der Waals surface area contributed by atoms with Gasteiger partial charge in [-0.15, -0.1) is 12.4 Å². The third-order valence-corrected chi connectivity index (χ3v) is 9.25. The van der Waals surface area contributed by atoms with Crippen molar-refractivity contribution in [2.24, 2.45) is 5.92 Å². The van der Waals surface area contributed by atoms with Gasteiger partial charge in [-0.05, 0) is 87.9 Å². The number of piperidine rings is 1. The maximum Gasteiger partial charge on any atom is 0.320 e. The molecule has 9 nitrogen and oxygen atoms in total. The minimum Gasteiger partial charge on any atom is -0.378 e. The second-order valence-electron chi connectivity index (χ2n) is 11.6. The predicted octanol–water partition coefficient (Wildman–Crippen LogP) is 4.57. The molecule has 2 saturated heterocycles. The molecule has 0 aliphatic carbocycles. The number of urea groups is 1. The molecule has 1 unspecified atom stereocenters. The van der Waals surface area contributed by atoms with Gasteiger partial charge in [0.15, 0.2) is 9.84 Å². The molecule has 232 valence electrons. The number of ether oxygens (including phenoxy) is 1. The van der Waals surface area contributed by atoms with Gasteiger partial charge in [-0.2, -0.15) is 0 Å². The van der Waals surface area contributed by atoms with Gasteiger partial charge in [-0.25, -0.2) is 13.2 Å². The van der Waals surface area contributed by atoms with E-state index in [2.05, 4.69) is 37.1 Å². The van der Waals surface area contributed by atoms with Gasteiger partial charge in [0.2, 0.25) is 0 Å². The number of benzene rings is 2. The second-order valence-corrected chi connectivity index (χ2v) is 13.6. The lowest BCUT2D eigenvalue weighted by Gasteiger charge is -2.40. The maximum absolute atomic E-state index is 12.9. The molecule has 0 aromatic heterocycles. The van der Waals surface area contributed by atoms with E-state index in [1.54, 1.807) is 0 Å². The molecule has 42 heavy (non-hydrogen) atoms. The van der Waals surface area contributed by atoms with Crippen molar-refractivity contribution in [3.63, 3.8) is 0 Å². The number of hydrogen-bond acceptors (Lipinski definition) is 6. The predicted molar refractivity (Wildman–Crippen MR) is 168 cm³/mol. The lowest BCUT2D eigenvalue weighted by atomic mass is 9.94. The van der Waals surface area contributed by atoms with Gasteiger partial charge in [0.1, 0.15) is 0 Å². The number of nitrogens with one attached hydrogen (secondary N) is 1. The number of hydrogen-bond donors (Lipinski definition) is 1. The molecule has 2 aromatic rings. The summed E-state index contributed by atoms with van der Waals surface area (Å²) in [5, 5.41) is 2.94. The Labute approximate surface area is 256 Å². The highest BCUT2D eigenvalue weighted by molar-refractivity contribution is 7.90. The summed E-state index contributed by atoms with van der Waals surface area (Å²) in [6, 6.07) is 14.7. The third kappa shape index (κ3) is 9.17. The Kier molecular flexibility index (Phi) is 12.2. The Morgan fingerprint density at radius 1 is 0.976 bits per heavy atom. The van der Waals surface area contributed by atoms with Crippen molar-refractivity contribution in [3.05, 3.63) is 59.7 Å². The summed E-state index contributed by atoms with van der Waals surface area (Å²) in [5.74, 6) is 0.269. The lowest BCUT2D eigenvalue weighted by molar-refractivity contribution is 0.0379. The first-order valence-electron chi connectivity index (χ1n) is 14.6. The smallest absolute Gasteiger partial charge is 0.320 e. The van der Waals surface area contributed by atoms with Crippen LogP contribution in [0.1, 0.15) is 49.5 Å². The van der Waals surface area contributed by atoms with E-state index in [-0.39, 0.29) is 29.2 Å². The largest absolute Gasteiger partial charge is 0.378 e. The van der Waals surface area contributed by atoms with E-state index < -0.39 is 9.84 Å². The quantitative estimate of drug-likeness (QED) is 0.441. The molecule has 2 aliphatic rings. The number of morpholine rings is 1. The van der Waals surface area contributed by atoms with E-state index in [4.69, 9.17) is 4.74 Å². The molecular formula is C31H45ClN4O5S. The van der Waals surface area contributed by atoms with Gasteiger partial charge >= 0.3 is 6.03 Å². The van der Waals surface area contributed by atoms with Gasteiger partial charge in [-0.3, -0.25) is 9.69 Å². The molecule has 3 amide bonds. The number of rotatable bonds is 9. The zero-order valence-electron chi connectivity index (χ0n) is 25.1. The maximum atomic E-state index is 12.9. The molecular weight excluding hydrogens is 576 g/mol. The van der Waals surface area contributed by atoms with E-state index in [1.165, 1.54) is 24.3 Å². The molecule has 1 atom stereocenters. The number of carbonyl (C=O) groups is 2. The normalized spacial score (nSPS) is 17.2. The van der Waals surface area contributed by atoms with Gasteiger partial charge in [-0.1, -0.05) is 12.1 Å². The van der Waals surface area contributed by atoms with Crippen LogP contribution in [0.2, 0.25) is 0 Å². The molecule has 0 radical (unpaired) electrons. The Balaban J connectivity index is 0.00000484. The fourth-order valence-electron chi connectivity index (χ4n) is 5.75. The zero-order valence-corrected chi connectivity index (χ0v) is 26.8. The highest BCUT2D eigenvalue weighted by Gasteiger charge is 2.29. The fraction of sp³-hybridized carbons (Fsp3) is 0.548. The summed E-state index contributed by atoms with van der Waals surface area (Å²) >= 11 is 0. The number of halogens is 1. The average Bonchev–Trinajstić information content (AvgIpc) is 2.96. The van der Waals surface area contributed by atoms with Gasteiger partial charge in [0.25, 0.3) is 5.91 Å². The van der Waals surface area contributed by atoms with Crippen molar-refractivity contribution < 1.29 is 22.7 Å². The average molecular weight is 621 g/mol. The van der Waals surface area contributed by atoms with Crippen molar-refractivity contribution in [1.82, 2.24) is 14.7 Å². The summed E-state index contributed by atoms with van der Waals surface area (Å²) in [4.78, 5) is 32.3. The van der Waals surface area contributed by atoms with Crippen molar-refractivity contribution in [1.29, 1.82) is 0 Å².